The molecule has 0 unspecified atom stereocenters. The third-order valence-corrected chi connectivity index (χ3v) is 9.32. The average Bonchev–Trinajstić information content (AvgIpc) is 3.32. The number of hydrogen-bond donors (Lipinski definition) is 2. The van der Waals surface area contributed by atoms with Crippen LogP contribution in [0, 0.1) is 6.92 Å². The first-order valence-corrected chi connectivity index (χ1v) is 16.8. The summed E-state index contributed by atoms with van der Waals surface area (Å²) in [6, 6.07) is 17.9. The zero-order valence-electron chi connectivity index (χ0n) is 28.9. The maximum Gasteiger partial charge on any atom is 0.418 e. The maximum atomic E-state index is 15.0. The smallest absolute Gasteiger partial charge is 0.418 e. The number of nitrogens with two attached hydrogens (primary N) is 1. The van der Waals surface area contributed by atoms with Gasteiger partial charge in [-0.2, -0.15) is 13.2 Å². The molecule has 4 heterocycles. The van der Waals surface area contributed by atoms with Crippen molar-refractivity contribution < 1.29 is 27.4 Å². The second-order valence-corrected chi connectivity index (χ2v) is 12.7. The first-order valence-electron chi connectivity index (χ1n) is 16.4. The standard InChI is InChI=1S/C38H34ClF3N8O3/c1-22-14-30(50(17-23-4-8-26(51-2)9-5-23)18-24-6-10-27(52-3)11-7-24)48-34(32(22)38(40,41)42)28-15-29-31-35(33(28)39)45-21-47-37(31)49(12-13-53-29)19-25-16-44-20-46-36(25)43/h4-16,20,47H,17-19,21H2,1-3H3,(H2,43,44,46). The lowest BCUT2D eigenvalue weighted by Gasteiger charge is -2.27. The Labute approximate surface area is 307 Å². The van der Waals surface area contributed by atoms with Crippen LogP contribution in [0.25, 0.3) is 17.1 Å². The number of pyridine rings is 1. The number of anilines is 2. The molecular weight excluding hydrogens is 709 g/mol. The Morgan fingerprint density at radius 3 is 2.26 bits per heavy atom. The molecule has 272 valence electrons. The minimum absolute atomic E-state index is 0.00201. The van der Waals surface area contributed by atoms with Gasteiger partial charge in [0.25, 0.3) is 0 Å². The second-order valence-electron chi connectivity index (χ2n) is 12.3. The van der Waals surface area contributed by atoms with Crippen LogP contribution in [0.1, 0.15) is 27.8 Å². The number of aromatic nitrogens is 3. The first kappa shape index (κ1) is 35.4. The molecule has 3 aromatic carbocycles. The highest BCUT2D eigenvalue weighted by atomic mass is 35.5. The van der Waals surface area contributed by atoms with Crippen molar-refractivity contribution in [2.24, 2.45) is 4.99 Å². The van der Waals surface area contributed by atoms with Gasteiger partial charge in [-0.3, -0.25) is 4.99 Å². The lowest BCUT2D eigenvalue weighted by molar-refractivity contribution is -0.137. The SMILES string of the molecule is COc1ccc(CN(Cc2ccc(OC)cc2)c2cc(C)c(C(F)(F)F)c(-c3cc4c5c(c3Cl)=NCNC=5N(Cc3cncnc3N)C=CO4)n2)cc1. The van der Waals surface area contributed by atoms with Crippen LogP contribution in [0.2, 0.25) is 5.02 Å². The van der Waals surface area contributed by atoms with E-state index in [4.69, 9.17) is 36.5 Å². The third kappa shape index (κ3) is 7.22. The normalized spacial score (nSPS) is 13.3. The topological polar surface area (TPSA) is 123 Å². The summed E-state index contributed by atoms with van der Waals surface area (Å²) in [5, 5.41) is 4.00. The van der Waals surface area contributed by atoms with Crippen LogP contribution in [0.5, 0.6) is 17.2 Å². The second kappa shape index (κ2) is 14.5. The fraction of sp³-hybridized carbons (Fsp3) is 0.211. The molecule has 2 aromatic heterocycles. The highest BCUT2D eigenvalue weighted by molar-refractivity contribution is 6.33. The number of nitrogens with zero attached hydrogens (tertiary/aromatic N) is 6. The van der Waals surface area contributed by atoms with Gasteiger partial charge < -0.3 is 35.1 Å². The molecule has 15 heteroatoms. The maximum absolute atomic E-state index is 15.0. The number of rotatable bonds is 10. The van der Waals surface area contributed by atoms with Gasteiger partial charge in [0.15, 0.2) is 0 Å². The highest BCUT2D eigenvalue weighted by Gasteiger charge is 2.38. The van der Waals surface area contributed by atoms with Gasteiger partial charge in [-0.1, -0.05) is 35.9 Å². The number of methoxy groups -OCH3 is 2. The molecule has 0 aliphatic carbocycles. The number of hydrogen-bond acceptors (Lipinski definition) is 11. The summed E-state index contributed by atoms with van der Waals surface area (Å²) in [5.74, 6) is 2.81. The number of halogens is 4. The number of nitrogens with one attached hydrogen (secondary N) is 1. The summed E-state index contributed by atoms with van der Waals surface area (Å²) in [4.78, 5) is 21.2. The van der Waals surface area contributed by atoms with Gasteiger partial charge in [0, 0.05) is 36.6 Å². The molecule has 0 spiro atoms. The van der Waals surface area contributed by atoms with Crippen LogP contribution >= 0.6 is 11.6 Å². The molecular formula is C38H34ClF3N8O3. The molecule has 0 bridgehead atoms. The van der Waals surface area contributed by atoms with Crippen molar-refractivity contribution in [1.82, 2.24) is 25.2 Å². The van der Waals surface area contributed by atoms with Crippen LogP contribution in [0.3, 0.4) is 0 Å². The van der Waals surface area contributed by atoms with Crippen molar-refractivity contribution in [3.05, 3.63) is 129 Å². The van der Waals surface area contributed by atoms with Crippen molar-refractivity contribution in [1.29, 1.82) is 0 Å². The van der Waals surface area contributed by atoms with Gasteiger partial charge >= 0.3 is 6.18 Å². The van der Waals surface area contributed by atoms with Gasteiger partial charge in [0.2, 0.25) is 0 Å². The highest BCUT2D eigenvalue weighted by Crippen LogP contribution is 2.42. The van der Waals surface area contributed by atoms with E-state index in [2.05, 4.69) is 20.3 Å². The van der Waals surface area contributed by atoms with Crippen molar-refractivity contribution in [3.63, 3.8) is 0 Å². The molecule has 0 fully saturated rings. The van der Waals surface area contributed by atoms with E-state index >= 15 is 13.2 Å². The van der Waals surface area contributed by atoms with E-state index in [-0.39, 0.29) is 46.2 Å². The number of aryl methyl sites for hydroxylation is 1. The fourth-order valence-electron chi connectivity index (χ4n) is 6.34. The summed E-state index contributed by atoms with van der Waals surface area (Å²) in [7, 11) is 3.17. The Bertz CT molecular complexity index is 2270. The van der Waals surface area contributed by atoms with Crippen LogP contribution in [0.4, 0.5) is 24.8 Å². The molecule has 2 aliphatic heterocycles. The van der Waals surface area contributed by atoms with E-state index in [1.165, 1.54) is 31.6 Å². The van der Waals surface area contributed by atoms with Gasteiger partial charge in [-0.15, -0.1) is 0 Å². The van der Waals surface area contributed by atoms with Gasteiger partial charge in [0.05, 0.1) is 47.6 Å². The third-order valence-electron chi connectivity index (χ3n) is 8.94. The number of nitrogen functional groups attached to an aromatic ring is 1. The van der Waals surface area contributed by atoms with Crippen LogP contribution < -0.4 is 40.7 Å². The van der Waals surface area contributed by atoms with E-state index < -0.39 is 11.7 Å². The van der Waals surface area contributed by atoms with Crippen molar-refractivity contribution in [2.75, 3.05) is 31.5 Å². The molecule has 0 atom stereocenters. The summed E-state index contributed by atoms with van der Waals surface area (Å²) in [6.07, 6.45) is 1.32. The predicted octanol–water partition coefficient (Wildman–Crippen LogP) is 5.94. The summed E-state index contributed by atoms with van der Waals surface area (Å²) in [5.41, 5.74) is 7.30. The molecule has 0 radical (unpaired) electrons. The summed E-state index contributed by atoms with van der Waals surface area (Å²) in [6.45, 7) is 2.46. The first-order chi connectivity index (χ1) is 25.5. The molecule has 2 aliphatic rings. The Hall–Kier alpha value is -6.02. The lowest BCUT2D eigenvalue weighted by atomic mass is 9.99. The molecule has 0 saturated heterocycles. The lowest BCUT2D eigenvalue weighted by Crippen LogP contribution is -2.44. The Kier molecular flexibility index (Phi) is 9.71. The minimum Gasteiger partial charge on any atom is -0.497 e. The predicted molar refractivity (Wildman–Crippen MR) is 194 cm³/mol. The molecule has 53 heavy (non-hydrogen) atoms. The molecule has 3 N–H and O–H groups in total. The minimum atomic E-state index is -4.76. The Morgan fingerprint density at radius 1 is 1.00 bits per heavy atom. The molecule has 7 rings (SSSR count). The molecule has 11 nitrogen and oxygen atoms in total. The van der Waals surface area contributed by atoms with Crippen molar-refractivity contribution in [2.45, 2.75) is 32.7 Å². The van der Waals surface area contributed by atoms with E-state index in [1.54, 1.807) is 26.6 Å². The van der Waals surface area contributed by atoms with Crippen molar-refractivity contribution in [3.8, 4) is 28.5 Å². The number of alkyl halides is 3. The Morgan fingerprint density at radius 2 is 1.66 bits per heavy atom. The summed E-state index contributed by atoms with van der Waals surface area (Å²) < 4.78 is 61.8. The average molecular weight is 743 g/mol. The zero-order chi connectivity index (χ0) is 37.3. The van der Waals surface area contributed by atoms with Crippen LogP contribution in [0.15, 0.2) is 90.6 Å². The quantitative estimate of drug-likeness (QED) is 0.178. The van der Waals surface area contributed by atoms with E-state index in [9.17, 15) is 0 Å². The summed E-state index contributed by atoms with van der Waals surface area (Å²) >= 11 is 7.07. The van der Waals surface area contributed by atoms with E-state index in [0.717, 1.165) is 11.1 Å². The van der Waals surface area contributed by atoms with Gasteiger partial charge in [-0.05, 0) is 60.0 Å². The monoisotopic (exact) mass is 742 g/mol. The van der Waals surface area contributed by atoms with Gasteiger partial charge in [-0.25, -0.2) is 15.0 Å². The molecule has 0 amide bonds. The molecule has 0 saturated carbocycles. The Balaban J connectivity index is 1.38. The molecule has 5 aromatic rings. The fourth-order valence-corrected chi connectivity index (χ4v) is 6.64. The van der Waals surface area contributed by atoms with E-state index in [0.29, 0.717) is 52.8 Å². The zero-order valence-corrected chi connectivity index (χ0v) is 29.7. The van der Waals surface area contributed by atoms with Gasteiger partial charge in [0.1, 0.15) is 54.0 Å². The van der Waals surface area contributed by atoms with E-state index in [1.807, 2.05) is 58.3 Å². The largest absolute Gasteiger partial charge is 0.497 e. The number of ether oxygens (including phenoxy) is 3. The number of benzene rings is 3. The van der Waals surface area contributed by atoms with Crippen LogP contribution in [-0.2, 0) is 25.8 Å². The van der Waals surface area contributed by atoms with Crippen molar-refractivity contribution >= 4 is 29.1 Å². The van der Waals surface area contributed by atoms with Crippen LogP contribution in [-0.4, -0.2) is 40.7 Å².